The number of para-hydroxylation sites is 1. The smallest absolute Gasteiger partial charge is 0.0494 e. The minimum atomic E-state index is 0.874. The lowest BCUT2D eigenvalue weighted by molar-refractivity contribution is 0.845. The van der Waals surface area contributed by atoms with Crippen LogP contribution in [-0.4, -0.2) is 4.57 Å². The molecule has 0 aliphatic carbocycles. The highest BCUT2D eigenvalue weighted by Gasteiger charge is 2.11. The Balaban J connectivity index is 1.44. The molecule has 4 aromatic carbocycles. The molecule has 1 aromatic heterocycles. The molecule has 0 unspecified atom stereocenters. The van der Waals surface area contributed by atoms with Gasteiger partial charge >= 0.3 is 0 Å². The van der Waals surface area contributed by atoms with Crippen molar-refractivity contribution < 1.29 is 0 Å². The first-order valence-electron chi connectivity index (χ1n) is 10.6. The third-order valence-corrected chi connectivity index (χ3v) is 5.79. The molecule has 0 saturated carbocycles. The van der Waals surface area contributed by atoms with Crippen LogP contribution in [0.2, 0.25) is 0 Å². The third-order valence-electron chi connectivity index (χ3n) is 5.79. The summed E-state index contributed by atoms with van der Waals surface area (Å²) in [6.45, 7) is 0.874. The minimum absolute atomic E-state index is 0.874. The molecule has 0 aliphatic heterocycles. The van der Waals surface area contributed by atoms with Crippen LogP contribution in [0.3, 0.4) is 0 Å². The van der Waals surface area contributed by atoms with E-state index in [0.29, 0.717) is 0 Å². The number of nitrogens with zero attached hydrogens (tertiary/aromatic N) is 1. The largest absolute Gasteiger partial charge is 0.336 e. The van der Waals surface area contributed by atoms with Crippen LogP contribution >= 0.6 is 0 Å². The van der Waals surface area contributed by atoms with E-state index >= 15 is 0 Å². The summed E-state index contributed by atoms with van der Waals surface area (Å²) < 4.78 is 2.43. The maximum absolute atomic E-state index is 2.43. The van der Waals surface area contributed by atoms with Crippen LogP contribution in [0.5, 0.6) is 0 Å². The van der Waals surface area contributed by atoms with Crippen molar-refractivity contribution in [3.8, 4) is 11.3 Å². The number of fused-ring (bicyclic) bond motifs is 1. The van der Waals surface area contributed by atoms with E-state index in [0.717, 1.165) is 19.4 Å². The number of hydrogen-bond acceptors (Lipinski definition) is 0. The summed E-state index contributed by atoms with van der Waals surface area (Å²) in [5.41, 5.74) is 7.92. The normalized spacial score (nSPS) is 11.1. The molecule has 0 aliphatic rings. The Kier molecular flexibility index (Phi) is 5.18. The average Bonchev–Trinajstić information content (AvgIpc) is 3.18. The van der Waals surface area contributed by atoms with Crippen LogP contribution in [0, 0.1) is 0 Å². The van der Waals surface area contributed by atoms with E-state index in [4.69, 9.17) is 0 Å². The molecule has 0 saturated heterocycles. The molecule has 0 bridgehead atoms. The SMILES string of the molecule is c1ccc(CCc2ccc(-c3cc4ccccc4n3Cc3ccccc3)cc2)cc1. The molecule has 0 fully saturated rings. The van der Waals surface area contributed by atoms with E-state index in [1.165, 1.54) is 38.9 Å². The maximum Gasteiger partial charge on any atom is 0.0494 e. The summed E-state index contributed by atoms with van der Waals surface area (Å²) in [5.74, 6) is 0. The molecule has 5 rings (SSSR count). The highest BCUT2D eigenvalue weighted by molar-refractivity contribution is 5.87. The molecular formula is C29H25N. The summed E-state index contributed by atoms with van der Waals surface area (Å²) in [5, 5.41) is 1.29. The molecule has 146 valence electrons. The summed E-state index contributed by atoms with van der Waals surface area (Å²) >= 11 is 0. The molecule has 0 spiro atoms. The zero-order chi connectivity index (χ0) is 20.2. The highest BCUT2D eigenvalue weighted by atomic mass is 15.0. The van der Waals surface area contributed by atoms with E-state index < -0.39 is 0 Å². The molecule has 5 aromatic rings. The lowest BCUT2D eigenvalue weighted by Gasteiger charge is -2.12. The molecule has 0 N–H and O–H groups in total. The van der Waals surface area contributed by atoms with Gasteiger partial charge in [0.05, 0.1) is 0 Å². The summed E-state index contributed by atoms with van der Waals surface area (Å²) in [6, 6.07) is 41.5. The van der Waals surface area contributed by atoms with Gasteiger partial charge in [-0.2, -0.15) is 0 Å². The lowest BCUT2D eigenvalue weighted by Crippen LogP contribution is -2.01. The number of benzene rings is 4. The summed E-state index contributed by atoms with van der Waals surface area (Å²) in [7, 11) is 0. The van der Waals surface area contributed by atoms with Gasteiger partial charge in [-0.3, -0.25) is 0 Å². The van der Waals surface area contributed by atoms with Crippen molar-refractivity contribution in [1.82, 2.24) is 4.57 Å². The van der Waals surface area contributed by atoms with Crippen molar-refractivity contribution in [2.75, 3.05) is 0 Å². The summed E-state index contributed by atoms with van der Waals surface area (Å²) in [6.07, 6.45) is 2.14. The van der Waals surface area contributed by atoms with Crippen molar-refractivity contribution in [2.45, 2.75) is 19.4 Å². The predicted molar refractivity (Wildman–Crippen MR) is 127 cm³/mol. The average molecular weight is 388 g/mol. The number of hydrogen-bond donors (Lipinski definition) is 0. The Bertz CT molecular complexity index is 1230. The van der Waals surface area contributed by atoms with Crippen LogP contribution in [0.25, 0.3) is 22.2 Å². The zero-order valence-electron chi connectivity index (χ0n) is 17.0. The Morgan fingerprint density at radius 3 is 1.77 bits per heavy atom. The van der Waals surface area contributed by atoms with Gasteiger partial charge in [0.15, 0.2) is 0 Å². The second-order valence-electron chi connectivity index (χ2n) is 7.84. The van der Waals surface area contributed by atoms with E-state index in [2.05, 4.69) is 120 Å². The Morgan fingerprint density at radius 2 is 1.07 bits per heavy atom. The Labute approximate surface area is 178 Å². The zero-order valence-corrected chi connectivity index (χ0v) is 17.0. The molecule has 0 atom stereocenters. The van der Waals surface area contributed by atoms with Crippen LogP contribution in [0.4, 0.5) is 0 Å². The molecule has 0 amide bonds. The first kappa shape index (κ1) is 18.4. The van der Waals surface area contributed by atoms with Gasteiger partial charge in [-0.1, -0.05) is 103 Å². The first-order valence-corrected chi connectivity index (χ1v) is 10.6. The highest BCUT2D eigenvalue weighted by Crippen LogP contribution is 2.29. The van der Waals surface area contributed by atoms with Crippen LogP contribution in [0.15, 0.2) is 115 Å². The standard InChI is InChI=1S/C29H25N/c1-3-9-23(10-4-1)15-16-24-17-19-26(20-18-24)29-21-27-13-7-8-14-28(27)30(29)22-25-11-5-2-6-12-25/h1-14,17-21H,15-16,22H2. The van der Waals surface area contributed by atoms with Crippen molar-refractivity contribution >= 4 is 10.9 Å². The van der Waals surface area contributed by atoms with Crippen LogP contribution < -0.4 is 0 Å². The monoisotopic (exact) mass is 387 g/mol. The van der Waals surface area contributed by atoms with Gasteiger partial charge in [-0.05, 0) is 47.2 Å². The summed E-state index contributed by atoms with van der Waals surface area (Å²) in [4.78, 5) is 0. The van der Waals surface area contributed by atoms with E-state index in [9.17, 15) is 0 Å². The van der Waals surface area contributed by atoms with Crippen molar-refractivity contribution in [3.63, 3.8) is 0 Å². The molecular weight excluding hydrogens is 362 g/mol. The topological polar surface area (TPSA) is 4.93 Å². The second-order valence-corrected chi connectivity index (χ2v) is 7.84. The van der Waals surface area contributed by atoms with Gasteiger partial charge in [0, 0.05) is 23.1 Å². The van der Waals surface area contributed by atoms with E-state index in [1.54, 1.807) is 0 Å². The van der Waals surface area contributed by atoms with Gasteiger partial charge in [0.1, 0.15) is 0 Å². The van der Waals surface area contributed by atoms with Gasteiger partial charge < -0.3 is 4.57 Å². The fourth-order valence-electron chi connectivity index (χ4n) is 4.16. The van der Waals surface area contributed by atoms with E-state index in [1.807, 2.05) is 0 Å². The van der Waals surface area contributed by atoms with Gasteiger partial charge in [0.25, 0.3) is 0 Å². The lowest BCUT2D eigenvalue weighted by atomic mass is 10.0. The quantitative estimate of drug-likeness (QED) is 0.292. The molecule has 1 nitrogen and oxygen atoms in total. The number of rotatable bonds is 6. The first-order chi connectivity index (χ1) is 14.9. The Morgan fingerprint density at radius 1 is 0.500 bits per heavy atom. The van der Waals surface area contributed by atoms with Crippen LogP contribution in [-0.2, 0) is 19.4 Å². The molecule has 1 heterocycles. The fraction of sp³-hybridized carbons (Fsp3) is 0.103. The minimum Gasteiger partial charge on any atom is -0.336 e. The third kappa shape index (κ3) is 3.92. The van der Waals surface area contributed by atoms with Crippen molar-refractivity contribution in [3.05, 3.63) is 132 Å². The number of aromatic nitrogens is 1. The number of aryl methyl sites for hydroxylation is 2. The van der Waals surface area contributed by atoms with Gasteiger partial charge in [-0.25, -0.2) is 0 Å². The Hall–Kier alpha value is -3.58. The van der Waals surface area contributed by atoms with Crippen molar-refractivity contribution in [2.24, 2.45) is 0 Å². The fourth-order valence-corrected chi connectivity index (χ4v) is 4.16. The van der Waals surface area contributed by atoms with E-state index in [-0.39, 0.29) is 0 Å². The maximum atomic E-state index is 2.43. The molecule has 1 heteroatoms. The second kappa shape index (κ2) is 8.42. The molecule has 0 radical (unpaired) electrons. The van der Waals surface area contributed by atoms with Crippen LogP contribution in [0.1, 0.15) is 16.7 Å². The van der Waals surface area contributed by atoms with Crippen molar-refractivity contribution in [1.29, 1.82) is 0 Å². The predicted octanol–water partition coefficient (Wildman–Crippen LogP) is 7.14. The molecule has 30 heavy (non-hydrogen) atoms. The van der Waals surface area contributed by atoms with Gasteiger partial charge in [0.2, 0.25) is 0 Å². The van der Waals surface area contributed by atoms with Gasteiger partial charge in [-0.15, -0.1) is 0 Å².